The van der Waals surface area contributed by atoms with Crippen LogP contribution in [0.25, 0.3) is 0 Å². The Labute approximate surface area is 105 Å². The fourth-order valence-electron chi connectivity index (χ4n) is 1.94. The predicted molar refractivity (Wildman–Crippen MR) is 63.6 cm³/mol. The van der Waals surface area contributed by atoms with E-state index in [0.717, 1.165) is 13.1 Å². The van der Waals surface area contributed by atoms with Crippen LogP contribution in [0.15, 0.2) is 6.07 Å². The fraction of sp³-hybridized carbons (Fsp3) is 0.545. The Kier molecular flexibility index (Phi) is 3.33. The maximum absolute atomic E-state index is 12.1. The van der Waals surface area contributed by atoms with Crippen molar-refractivity contribution in [2.45, 2.75) is 0 Å². The first-order valence-electron chi connectivity index (χ1n) is 5.74. The maximum Gasteiger partial charge on any atom is 0.354 e. The van der Waals surface area contributed by atoms with Crippen LogP contribution in [0.5, 0.6) is 0 Å². The quantitative estimate of drug-likeness (QED) is 0.768. The molecule has 0 bridgehead atoms. The first kappa shape index (κ1) is 12.6. The van der Waals surface area contributed by atoms with Crippen LogP contribution in [0.2, 0.25) is 0 Å². The van der Waals surface area contributed by atoms with Gasteiger partial charge in [-0.25, -0.2) is 4.79 Å². The number of carbonyl (C=O) groups excluding carboxylic acids is 1. The number of aromatic carboxylic acids is 1. The molecule has 18 heavy (non-hydrogen) atoms. The Bertz CT molecular complexity index is 475. The second-order valence-corrected chi connectivity index (χ2v) is 4.44. The van der Waals surface area contributed by atoms with Crippen LogP contribution < -0.4 is 0 Å². The molecule has 7 nitrogen and oxygen atoms in total. The molecule has 2 heterocycles. The Balaban J connectivity index is 2.14. The molecule has 0 atom stereocenters. The molecule has 1 aromatic heterocycles. The minimum absolute atomic E-state index is 0.0208. The molecule has 0 radical (unpaired) electrons. The molecule has 1 fully saturated rings. The molecule has 1 aliphatic heterocycles. The summed E-state index contributed by atoms with van der Waals surface area (Å²) in [5.74, 6) is -1.28. The number of carbonyl (C=O) groups is 2. The number of rotatable bonds is 2. The topological polar surface area (TPSA) is 78.7 Å². The van der Waals surface area contributed by atoms with Gasteiger partial charge in [0.2, 0.25) is 0 Å². The molecular formula is C11H16N4O3. The van der Waals surface area contributed by atoms with Crippen molar-refractivity contribution in [1.82, 2.24) is 19.6 Å². The third kappa shape index (κ3) is 2.35. The number of hydrogen-bond acceptors (Lipinski definition) is 4. The van der Waals surface area contributed by atoms with E-state index in [2.05, 4.69) is 10.00 Å². The smallest absolute Gasteiger partial charge is 0.354 e. The van der Waals surface area contributed by atoms with Gasteiger partial charge in [-0.15, -0.1) is 0 Å². The molecule has 1 aromatic rings. The van der Waals surface area contributed by atoms with Crippen molar-refractivity contribution in [2.24, 2.45) is 7.05 Å². The highest BCUT2D eigenvalue weighted by molar-refractivity contribution is 5.95. The number of aryl methyl sites for hydroxylation is 1. The highest BCUT2D eigenvalue weighted by atomic mass is 16.4. The van der Waals surface area contributed by atoms with Crippen LogP contribution in [0, 0.1) is 0 Å². The summed E-state index contributed by atoms with van der Waals surface area (Å²) in [6, 6.07) is 1.32. The zero-order valence-electron chi connectivity index (χ0n) is 10.5. The summed E-state index contributed by atoms with van der Waals surface area (Å²) < 4.78 is 1.21. The molecule has 1 amide bonds. The molecule has 0 aliphatic carbocycles. The van der Waals surface area contributed by atoms with Crippen molar-refractivity contribution in [3.63, 3.8) is 0 Å². The van der Waals surface area contributed by atoms with Crippen LogP contribution in [0.1, 0.15) is 21.0 Å². The Hall–Kier alpha value is -1.89. The summed E-state index contributed by atoms with van der Waals surface area (Å²) in [6.07, 6.45) is 0. The average Bonchev–Trinajstić information content (AvgIpc) is 2.71. The van der Waals surface area contributed by atoms with Crippen molar-refractivity contribution >= 4 is 11.9 Å². The van der Waals surface area contributed by atoms with Crippen molar-refractivity contribution < 1.29 is 14.7 Å². The zero-order valence-corrected chi connectivity index (χ0v) is 10.5. The summed E-state index contributed by atoms with van der Waals surface area (Å²) in [5.41, 5.74) is 0.215. The van der Waals surface area contributed by atoms with Crippen molar-refractivity contribution in [3.8, 4) is 0 Å². The van der Waals surface area contributed by atoms with Crippen molar-refractivity contribution in [2.75, 3.05) is 33.2 Å². The number of likely N-dealkylation sites (N-methyl/N-ethyl adjacent to an activating group) is 1. The summed E-state index contributed by atoms with van der Waals surface area (Å²) in [4.78, 5) is 26.9. The summed E-state index contributed by atoms with van der Waals surface area (Å²) in [7, 11) is 3.52. The normalized spacial score (nSPS) is 16.9. The molecule has 1 saturated heterocycles. The monoisotopic (exact) mass is 252 g/mol. The highest BCUT2D eigenvalue weighted by Crippen LogP contribution is 2.09. The number of nitrogens with zero attached hydrogens (tertiary/aromatic N) is 4. The fourth-order valence-corrected chi connectivity index (χ4v) is 1.94. The SMILES string of the molecule is CN1CCN(C(=O)c2cc(C(=O)O)n(C)n2)CC1. The van der Waals surface area contributed by atoms with E-state index in [4.69, 9.17) is 5.11 Å². The number of carboxylic acids is 1. The molecule has 1 N–H and O–H groups in total. The average molecular weight is 252 g/mol. The van der Waals surface area contributed by atoms with Gasteiger partial charge < -0.3 is 14.9 Å². The molecule has 0 aromatic carbocycles. The van der Waals surface area contributed by atoms with Crippen LogP contribution in [0.4, 0.5) is 0 Å². The summed E-state index contributed by atoms with van der Waals surface area (Å²) in [5, 5.41) is 12.9. The third-order valence-electron chi connectivity index (χ3n) is 3.11. The number of amides is 1. The van der Waals surface area contributed by atoms with Crippen LogP contribution >= 0.6 is 0 Å². The predicted octanol–water partition coefficient (Wildman–Crippen LogP) is -0.494. The lowest BCUT2D eigenvalue weighted by Crippen LogP contribution is -2.47. The van der Waals surface area contributed by atoms with E-state index in [9.17, 15) is 9.59 Å². The largest absolute Gasteiger partial charge is 0.477 e. The van der Waals surface area contributed by atoms with Crippen LogP contribution in [-0.2, 0) is 7.05 Å². The second kappa shape index (κ2) is 4.77. The van der Waals surface area contributed by atoms with Gasteiger partial charge in [0, 0.05) is 39.3 Å². The van der Waals surface area contributed by atoms with E-state index in [1.165, 1.54) is 17.8 Å². The lowest BCUT2D eigenvalue weighted by atomic mass is 10.2. The second-order valence-electron chi connectivity index (χ2n) is 4.44. The lowest BCUT2D eigenvalue weighted by Gasteiger charge is -2.31. The molecular weight excluding hydrogens is 236 g/mol. The summed E-state index contributed by atoms with van der Waals surface area (Å²) in [6.45, 7) is 2.94. The van der Waals surface area contributed by atoms with Gasteiger partial charge in [0.1, 0.15) is 5.69 Å². The van der Waals surface area contributed by atoms with Gasteiger partial charge >= 0.3 is 5.97 Å². The van der Waals surface area contributed by atoms with Crippen molar-refractivity contribution in [3.05, 3.63) is 17.5 Å². The Morgan fingerprint density at radius 2 is 1.83 bits per heavy atom. The molecule has 98 valence electrons. The molecule has 0 saturated carbocycles. The number of hydrogen-bond donors (Lipinski definition) is 1. The Morgan fingerprint density at radius 1 is 1.22 bits per heavy atom. The van der Waals surface area contributed by atoms with Gasteiger partial charge in [-0.1, -0.05) is 0 Å². The molecule has 0 spiro atoms. The highest BCUT2D eigenvalue weighted by Gasteiger charge is 2.24. The molecule has 2 rings (SSSR count). The maximum atomic E-state index is 12.1. The van der Waals surface area contributed by atoms with Gasteiger partial charge in [0.05, 0.1) is 0 Å². The van der Waals surface area contributed by atoms with E-state index in [-0.39, 0.29) is 17.3 Å². The summed E-state index contributed by atoms with van der Waals surface area (Å²) >= 11 is 0. The van der Waals surface area contributed by atoms with E-state index in [0.29, 0.717) is 13.1 Å². The minimum Gasteiger partial charge on any atom is -0.477 e. The third-order valence-corrected chi connectivity index (χ3v) is 3.11. The van der Waals surface area contributed by atoms with Gasteiger partial charge in [-0.3, -0.25) is 9.48 Å². The van der Waals surface area contributed by atoms with E-state index in [1.807, 2.05) is 7.05 Å². The number of piperazine rings is 1. The van der Waals surface area contributed by atoms with E-state index in [1.54, 1.807) is 4.90 Å². The minimum atomic E-state index is -1.08. The molecule has 0 unspecified atom stereocenters. The Morgan fingerprint density at radius 3 is 2.33 bits per heavy atom. The number of aromatic nitrogens is 2. The van der Waals surface area contributed by atoms with Gasteiger partial charge in [-0.05, 0) is 7.05 Å². The standard InChI is InChI=1S/C11H16N4O3/c1-13-3-5-15(6-4-13)10(16)8-7-9(11(17)18)14(2)12-8/h7H,3-6H2,1-2H3,(H,17,18). The van der Waals surface area contributed by atoms with Gasteiger partial charge in [-0.2, -0.15) is 5.10 Å². The zero-order chi connectivity index (χ0) is 13.3. The van der Waals surface area contributed by atoms with E-state index < -0.39 is 5.97 Å². The lowest BCUT2D eigenvalue weighted by molar-refractivity contribution is 0.0655. The molecule has 1 aliphatic rings. The number of carboxylic acid groups (broad SMARTS) is 1. The molecule has 7 heteroatoms. The van der Waals surface area contributed by atoms with Crippen LogP contribution in [-0.4, -0.2) is 69.8 Å². The first-order valence-corrected chi connectivity index (χ1v) is 5.74. The van der Waals surface area contributed by atoms with Crippen LogP contribution in [0.3, 0.4) is 0 Å². The van der Waals surface area contributed by atoms with E-state index >= 15 is 0 Å². The van der Waals surface area contributed by atoms with Crippen molar-refractivity contribution in [1.29, 1.82) is 0 Å². The first-order chi connectivity index (χ1) is 8.49. The van der Waals surface area contributed by atoms with Gasteiger partial charge in [0.25, 0.3) is 5.91 Å². The van der Waals surface area contributed by atoms with Gasteiger partial charge in [0.15, 0.2) is 5.69 Å².